The number of piperidine rings is 1. The Morgan fingerprint density at radius 1 is 0.697 bits per heavy atom. The lowest BCUT2D eigenvalue weighted by Gasteiger charge is -2.30. The number of nitrogens with zero attached hydrogens (tertiary/aromatic N) is 2. The van der Waals surface area contributed by atoms with Gasteiger partial charge in [-0.25, -0.2) is 0 Å². The van der Waals surface area contributed by atoms with E-state index < -0.39 is 0 Å². The normalized spacial score (nSPS) is 18.7. The molecule has 0 N–H and O–H groups in total. The number of thiophene rings is 1. The summed E-state index contributed by atoms with van der Waals surface area (Å²) in [6, 6.07) is 20.4. The molecule has 3 aromatic rings. The third-order valence-electron chi connectivity index (χ3n) is 7.46. The zero-order chi connectivity index (χ0) is 22.0. The molecule has 33 heavy (non-hydrogen) atoms. The molecule has 3 aliphatic rings. The van der Waals surface area contributed by atoms with Crippen LogP contribution in [0.3, 0.4) is 0 Å². The Morgan fingerprint density at radius 2 is 1.36 bits per heavy atom. The second kappa shape index (κ2) is 9.79. The second-order valence-electron chi connectivity index (χ2n) is 9.57. The van der Waals surface area contributed by atoms with E-state index in [9.17, 15) is 0 Å². The van der Waals surface area contributed by atoms with E-state index in [4.69, 9.17) is 0 Å². The first-order valence-electron chi connectivity index (χ1n) is 12.4. The minimum absolute atomic E-state index is 1.09. The van der Waals surface area contributed by atoms with Crippen LogP contribution in [0.4, 0.5) is 0 Å². The van der Waals surface area contributed by atoms with Crippen molar-refractivity contribution < 1.29 is 0 Å². The highest BCUT2D eigenvalue weighted by Gasteiger charge is 2.25. The van der Waals surface area contributed by atoms with Crippen molar-refractivity contribution >= 4 is 28.7 Å². The number of rotatable bonds is 5. The summed E-state index contributed by atoms with van der Waals surface area (Å²) in [4.78, 5) is 5.32. The lowest BCUT2D eigenvalue weighted by Crippen LogP contribution is -2.32. The van der Waals surface area contributed by atoms with Gasteiger partial charge in [-0.3, -0.25) is 4.90 Å². The first-order chi connectivity index (χ1) is 16.3. The summed E-state index contributed by atoms with van der Waals surface area (Å²) < 4.78 is 1.50. The molecule has 0 saturated carbocycles. The number of unbranched alkanes of at least 4 members (excludes halogenated alkanes) is 1. The van der Waals surface area contributed by atoms with Crippen molar-refractivity contribution in [3.05, 3.63) is 93.4 Å². The molecule has 2 aromatic carbocycles. The van der Waals surface area contributed by atoms with Gasteiger partial charge in [-0.15, -0.1) is 23.1 Å². The van der Waals surface area contributed by atoms with Crippen LogP contribution in [0.2, 0.25) is 0 Å². The molecule has 4 heteroatoms. The van der Waals surface area contributed by atoms with E-state index in [-0.39, 0.29) is 0 Å². The van der Waals surface area contributed by atoms with E-state index in [1.54, 1.807) is 11.1 Å². The van der Waals surface area contributed by atoms with Crippen LogP contribution in [0.15, 0.2) is 69.8 Å². The maximum absolute atomic E-state index is 2.70. The van der Waals surface area contributed by atoms with Crippen molar-refractivity contribution in [3.8, 4) is 0 Å². The third-order valence-corrected chi connectivity index (χ3v) is 9.75. The van der Waals surface area contributed by atoms with Gasteiger partial charge in [0.15, 0.2) is 0 Å². The Bertz CT molecular complexity index is 1130. The Hall–Kier alpha value is -1.85. The minimum Gasteiger partial charge on any atom is -0.303 e. The molecule has 4 heterocycles. The minimum atomic E-state index is 1.09. The van der Waals surface area contributed by atoms with Crippen LogP contribution >= 0.6 is 23.1 Å². The molecule has 0 radical (unpaired) electrons. The highest BCUT2D eigenvalue weighted by Crippen LogP contribution is 2.45. The van der Waals surface area contributed by atoms with Crippen LogP contribution in [-0.2, 0) is 18.8 Å². The Labute approximate surface area is 206 Å². The van der Waals surface area contributed by atoms with Crippen LogP contribution < -0.4 is 0 Å². The van der Waals surface area contributed by atoms with E-state index in [0.29, 0.717) is 0 Å². The van der Waals surface area contributed by atoms with Gasteiger partial charge in [0.05, 0.1) is 4.21 Å². The first kappa shape index (κ1) is 21.7. The molecule has 0 amide bonds. The topological polar surface area (TPSA) is 6.48 Å². The van der Waals surface area contributed by atoms with Gasteiger partial charge >= 0.3 is 0 Å². The Kier molecular flexibility index (Phi) is 6.43. The summed E-state index contributed by atoms with van der Waals surface area (Å²) in [5, 5.41) is 2.28. The number of benzene rings is 2. The molecular weight excluding hydrogens is 440 g/mol. The molecule has 0 unspecified atom stereocenters. The lowest BCUT2D eigenvalue weighted by atomic mass is 9.87. The lowest BCUT2D eigenvalue weighted by molar-refractivity contribution is 0.234. The largest absolute Gasteiger partial charge is 0.303 e. The van der Waals surface area contributed by atoms with Crippen molar-refractivity contribution in [2.75, 3.05) is 26.2 Å². The average molecular weight is 473 g/mol. The Morgan fingerprint density at radius 3 is 2.12 bits per heavy atom. The standard InChI is InChI=1S/C29H32N2S2/c1-2-8-24-20-31(19-23(24)7-1)15-6-5-14-30-16-11-22(12-17-30)28-26-10-4-3-9-25(26)21-33-29-27(28)13-18-32-29/h1-4,7-10,13,18H,5-6,11-12,14-17,19-21H2. The van der Waals surface area contributed by atoms with Crippen molar-refractivity contribution in [1.82, 2.24) is 9.80 Å². The first-order valence-corrected chi connectivity index (χ1v) is 14.2. The number of hydrogen-bond donors (Lipinski definition) is 0. The van der Waals surface area contributed by atoms with Crippen molar-refractivity contribution in [2.45, 2.75) is 48.7 Å². The maximum Gasteiger partial charge on any atom is 0.0680 e. The van der Waals surface area contributed by atoms with Crippen molar-refractivity contribution in [3.63, 3.8) is 0 Å². The predicted octanol–water partition coefficient (Wildman–Crippen LogP) is 7.05. The maximum atomic E-state index is 2.70. The highest BCUT2D eigenvalue weighted by atomic mass is 32.2. The molecule has 170 valence electrons. The van der Waals surface area contributed by atoms with Crippen LogP contribution in [0.25, 0.3) is 5.57 Å². The van der Waals surface area contributed by atoms with Gasteiger partial charge in [-0.05, 0) is 78.0 Å². The van der Waals surface area contributed by atoms with E-state index in [1.807, 2.05) is 23.1 Å². The molecule has 1 aromatic heterocycles. The van der Waals surface area contributed by atoms with Gasteiger partial charge in [0.2, 0.25) is 0 Å². The fourth-order valence-corrected chi connectivity index (χ4v) is 7.79. The van der Waals surface area contributed by atoms with Crippen LogP contribution in [0.1, 0.15) is 53.5 Å². The molecule has 0 atom stereocenters. The molecule has 6 rings (SSSR count). The Balaban J connectivity index is 1.06. The molecule has 0 bridgehead atoms. The summed E-state index contributed by atoms with van der Waals surface area (Å²) in [5.74, 6) is 1.09. The predicted molar refractivity (Wildman–Crippen MR) is 142 cm³/mol. The van der Waals surface area contributed by atoms with Gasteiger partial charge in [0, 0.05) is 37.5 Å². The second-order valence-corrected chi connectivity index (χ2v) is 11.7. The quantitative estimate of drug-likeness (QED) is 0.367. The summed E-state index contributed by atoms with van der Waals surface area (Å²) in [5.41, 5.74) is 10.8. The van der Waals surface area contributed by atoms with Gasteiger partial charge in [-0.2, -0.15) is 0 Å². The van der Waals surface area contributed by atoms with Gasteiger partial charge in [-0.1, -0.05) is 54.1 Å². The number of thioether (sulfide) groups is 1. The van der Waals surface area contributed by atoms with Crippen molar-refractivity contribution in [2.24, 2.45) is 0 Å². The SMILES string of the molecule is c1ccc2c(c1)CN(CCCCN1CCC(=C3c4ccccc4CSc4sccc43)CC1)C2. The average Bonchev–Trinajstić information content (AvgIpc) is 3.46. The number of hydrogen-bond acceptors (Lipinski definition) is 4. The van der Waals surface area contributed by atoms with Crippen molar-refractivity contribution in [1.29, 1.82) is 0 Å². The molecule has 1 fully saturated rings. The van der Waals surface area contributed by atoms with Crippen LogP contribution in [0, 0.1) is 0 Å². The summed E-state index contributed by atoms with van der Waals surface area (Å²) >= 11 is 3.93. The van der Waals surface area contributed by atoms with E-state index in [1.165, 1.54) is 83.9 Å². The molecular formula is C29H32N2S2. The molecule has 3 aliphatic heterocycles. The molecule has 2 nitrogen and oxygen atoms in total. The fourth-order valence-electron chi connectivity index (χ4n) is 5.68. The summed E-state index contributed by atoms with van der Waals surface area (Å²) in [7, 11) is 0. The zero-order valence-corrected chi connectivity index (χ0v) is 20.9. The van der Waals surface area contributed by atoms with Gasteiger partial charge in [0.25, 0.3) is 0 Å². The molecule has 0 spiro atoms. The highest BCUT2D eigenvalue weighted by molar-refractivity contribution is 8.00. The third kappa shape index (κ3) is 4.59. The summed E-state index contributed by atoms with van der Waals surface area (Å²) in [6.45, 7) is 7.18. The van der Waals surface area contributed by atoms with E-state index in [2.05, 4.69) is 69.8 Å². The molecule has 0 aliphatic carbocycles. The summed E-state index contributed by atoms with van der Waals surface area (Å²) in [6.07, 6.45) is 5.05. The zero-order valence-electron chi connectivity index (χ0n) is 19.3. The monoisotopic (exact) mass is 472 g/mol. The fraction of sp³-hybridized carbons (Fsp3) is 0.379. The smallest absolute Gasteiger partial charge is 0.0680 e. The number of fused-ring (bicyclic) bond motifs is 3. The molecule has 1 saturated heterocycles. The van der Waals surface area contributed by atoms with E-state index >= 15 is 0 Å². The van der Waals surface area contributed by atoms with Crippen LogP contribution in [0.5, 0.6) is 0 Å². The van der Waals surface area contributed by atoms with Gasteiger partial charge in [0.1, 0.15) is 0 Å². The van der Waals surface area contributed by atoms with Crippen LogP contribution in [-0.4, -0.2) is 36.0 Å². The van der Waals surface area contributed by atoms with E-state index in [0.717, 1.165) is 18.8 Å². The number of likely N-dealkylation sites (tertiary alicyclic amines) is 1. The van der Waals surface area contributed by atoms with Gasteiger partial charge < -0.3 is 4.90 Å².